The van der Waals surface area contributed by atoms with Crippen LogP contribution >= 0.6 is 0 Å². The van der Waals surface area contributed by atoms with Crippen molar-refractivity contribution < 1.29 is 40.2 Å². The molecule has 2 aromatic rings. The summed E-state index contributed by atoms with van der Waals surface area (Å²) in [7, 11) is 0. The summed E-state index contributed by atoms with van der Waals surface area (Å²) in [6, 6.07) is 11.4. The quantitative estimate of drug-likeness (QED) is 0.431. The largest absolute Gasteiger partial charge is 0.478 e. The number of hydrogen-bond acceptors (Lipinski definition) is 6. The fourth-order valence-corrected chi connectivity index (χ4v) is 2.49. The van der Waals surface area contributed by atoms with Gasteiger partial charge in [0.05, 0.1) is 23.8 Å². The van der Waals surface area contributed by atoms with Crippen molar-refractivity contribution in [3.63, 3.8) is 0 Å². The maximum absolute atomic E-state index is 11.3. The van der Waals surface area contributed by atoms with E-state index in [2.05, 4.69) is 0 Å². The van der Waals surface area contributed by atoms with Gasteiger partial charge in [0.1, 0.15) is 11.7 Å². The van der Waals surface area contributed by atoms with E-state index in [0.717, 1.165) is 0 Å². The first-order valence-corrected chi connectivity index (χ1v) is 8.38. The molecule has 8 nitrogen and oxygen atoms in total. The average molecular weight is 392 g/mol. The van der Waals surface area contributed by atoms with E-state index in [1.165, 1.54) is 62.4 Å². The lowest BCUT2D eigenvalue weighted by Crippen LogP contribution is -2.33. The normalized spacial score (nSPS) is 14.8. The van der Waals surface area contributed by atoms with Crippen molar-refractivity contribution in [3.8, 4) is 0 Å². The molecule has 6 N–H and O–H groups in total. The lowest BCUT2D eigenvalue weighted by Gasteiger charge is -2.31. The van der Waals surface area contributed by atoms with Crippen LogP contribution < -0.4 is 0 Å². The van der Waals surface area contributed by atoms with Crippen molar-refractivity contribution in [1.82, 2.24) is 0 Å². The van der Waals surface area contributed by atoms with E-state index in [4.69, 9.17) is 10.2 Å². The van der Waals surface area contributed by atoms with Crippen LogP contribution in [0.3, 0.4) is 0 Å². The van der Waals surface area contributed by atoms with Crippen LogP contribution in [-0.4, -0.2) is 55.3 Å². The maximum Gasteiger partial charge on any atom is 0.336 e. The Kier molecular flexibility index (Phi) is 8.27. The van der Waals surface area contributed by atoms with Gasteiger partial charge in [0, 0.05) is 5.56 Å². The zero-order valence-electron chi connectivity index (χ0n) is 15.5. The average Bonchev–Trinajstić information content (AvgIpc) is 2.67. The smallest absolute Gasteiger partial charge is 0.336 e. The molecule has 0 fully saturated rings. The van der Waals surface area contributed by atoms with E-state index in [9.17, 15) is 30.0 Å². The first-order valence-electron chi connectivity index (χ1n) is 8.38. The minimum Gasteiger partial charge on any atom is -0.478 e. The predicted molar refractivity (Wildman–Crippen MR) is 100 cm³/mol. The Morgan fingerprint density at radius 2 is 1.36 bits per heavy atom. The molecule has 2 rings (SSSR count). The Balaban J connectivity index is 0.000000696. The van der Waals surface area contributed by atoms with Gasteiger partial charge in [-0.2, -0.15) is 0 Å². The van der Waals surface area contributed by atoms with Gasteiger partial charge < -0.3 is 30.6 Å². The molecular formula is C20H24O8. The number of carboxylic acid groups (broad SMARTS) is 2. The van der Waals surface area contributed by atoms with Crippen LogP contribution in [0.4, 0.5) is 0 Å². The van der Waals surface area contributed by atoms with Crippen LogP contribution in [0.5, 0.6) is 0 Å². The predicted octanol–water partition coefficient (Wildman–Crippen LogP) is 1.38. The number of aliphatic hydroxyl groups excluding tert-OH is 3. The molecule has 8 heteroatoms. The molecule has 0 saturated heterocycles. The molecule has 0 spiro atoms. The Morgan fingerprint density at radius 1 is 0.929 bits per heavy atom. The highest BCUT2D eigenvalue weighted by molar-refractivity contribution is 5.90. The van der Waals surface area contributed by atoms with Crippen LogP contribution in [0.2, 0.25) is 0 Å². The lowest BCUT2D eigenvalue weighted by molar-refractivity contribution is -0.0698. The third-order valence-electron chi connectivity index (χ3n) is 3.99. The molecule has 3 atom stereocenters. The highest BCUT2D eigenvalue weighted by atomic mass is 16.4. The van der Waals surface area contributed by atoms with Gasteiger partial charge in [0.15, 0.2) is 0 Å². The van der Waals surface area contributed by atoms with Crippen LogP contribution in [0, 0.1) is 0 Å². The molecule has 0 aliphatic rings. The number of benzene rings is 2. The summed E-state index contributed by atoms with van der Waals surface area (Å²) in [6.45, 7) is 2.64. The molecule has 0 bridgehead atoms. The fraction of sp³-hybridized carbons (Fsp3) is 0.300. The van der Waals surface area contributed by atoms with Crippen molar-refractivity contribution in [2.45, 2.75) is 31.7 Å². The van der Waals surface area contributed by atoms with Crippen molar-refractivity contribution in [2.24, 2.45) is 0 Å². The molecule has 0 amide bonds. The number of hydrogen-bond donors (Lipinski definition) is 6. The van der Waals surface area contributed by atoms with Crippen LogP contribution in [-0.2, 0) is 5.60 Å². The van der Waals surface area contributed by atoms with Gasteiger partial charge in [0.25, 0.3) is 0 Å². The summed E-state index contributed by atoms with van der Waals surface area (Å²) < 4.78 is 0. The molecule has 0 aromatic heterocycles. The second kappa shape index (κ2) is 9.95. The maximum atomic E-state index is 11.3. The Bertz CT molecular complexity index is 813. The first-order chi connectivity index (χ1) is 13.0. The summed E-state index contributed by atoms with van der Waals surface area (Å²) in [5.41, 5.74) is -2.30. The number of aliphatic hydroxyl groups is 4. The van der Waals surface area contributed by atoms with E-state index >= 15 is 0 Å². The second-order valence-electron chi connectivity index (χ2n) is 6.32. The fourth-order valence-electron chi connectivity index (χ4n) is 2.49. The Labute approximate surface area is 162 Å². The highest BCUT2D eigenvalue weighted by Crippen LogP contribution is 2.37. The minimum atomic E-state index is -1.99. The number of carboxylic acids is 2. The molecule has 0 aliphatic heterocycles. The van der Waals surface area contributed by atoms with E-state index in [1.54, 1.807) is 0 Å². The summed E-state index contributed by atoms with van der Waals surface area (Å²) in [6.07, 6.45) is -2.18. The summed E-state index contributed by atoms with van der Waals surface area (Å²) in [5.74, 6) is -2.50. The van der Waals surface area contributed by atoms with Crippen LogP contribution in [0.15, 0.2) is 48.5 Å². The zero-order valence-corrected chi connectivity index (χ0v) is 15.5. The lowest BCUT2D eigenvalue weighted by atomic mass is 9.82. The SMILES string of the molecule is CC(O)(c1ccccc1C(=O)O)C(O)c1ccccc1C(=O)O.CC(O)CO. The number of rotatable bonds is 6. The Morgan fingerprint density at radius 3 is 1.82 bits per heavy atom. The van der Waals surface area contributed by atoms with Gasteiger partial charge in [-0.3, -0.25) is 0 Å². The molecule has 152 valence electrons. The third-order valence-corrected chi connectivity index (χ3v) is 3.99. The molecule has 2 aromatic carbocycles. The van der Waals surface area contributed by atoms with Crippen LogP contribution in [0.1, 0.15) is 51.8 Å². The van der Waals surface area contributed by atoms with Gasteiger partial charge in [0.2, 0.25) is 0 Å². The minimum absolute atomic E-state index is 0.000178. The van der Waals surface area contributed by atoms with Crippen molar-refractivity contribution >= 4 is 11.9 Å². The monoisotopic (exact) mass is 392 g/mol. The Hall–Kier alpha value is -2.78. The zero-order chi connectivity index (χ0) is 21.5. The number of aromatic carboxylic acids is 2. The van der Waals surface area contributed by atoms with E-state index in [1.807, 2.05) is 0 Å². The van der Waals surface area contributed by atoms with Crippen molar-refractivity contribution in [1.29, 1.82) is 0 Å². The first kappa shape index (κ1) is 23.3. The summed E-state index contributed by atoms with van der Waals surface area (Å²) >= 11 is 0. The van der Waals surface area contributed by atoms with Gasteiger partial charge >= 0.3 is 11.9 Å². The van der Waals surface area contributed by atoms with E-state index < -0.39 is 29.7 Å². The summed E-state index contributed by atoms with van der Waals surface area (Å²) in [4.78, 5) is 22.6. The van der Waals surface area contributed by atoms with Crippen molar-refractivity contribution in [2.75, 3.05) is 6.61 Å². The van der Waals surface area contributed by atoms with Gasteiger partial charge in [-0.05, 0) is 31.5 Å². The molecule has 0 heterocycles. The van der Waals surface area contributed by atoms with Crippen LogP contribution in [0.25, 0.3) is 0 Å². The van der Waals surface area contributed by atoms with Crippen molar-refractivity contribution in [3.05, 3.63) is 70.8 Å². The van der Waals surface area contributed by atoms with Gasteiger partial charge in [-0.25, -0.2) is 9.59 Å². The van der Waals surface area contributed by atoms with E-state index in [0.29, 0.717) is 0 Å². The van der Waals surface area contributed by atoms with E-state index in [-0.39, 0.29) is 28.9 Å². The van der Waals surface area contributed by atoms with Gasteiger partial charge in [-0.15, -0.1) is 0 Å². The summed E-state index contributed by atoms with van der Waals surface area (Å²) in [5, 5.41) is 55.7. The topological polar surface area (TPSA) is 156 Å². The third kappa shape index (κ3) is 5.61. The molecule has 0 radical (unpaired) electrons. The molecular weight excluding hydrogens is 368 g/mol. The molecule has 0 saturated carbocycles. The molecule has 0 aliphatic carbocycles. The number of carbonyl (C=O) groups is 2. The second-order valence-corrected chi connectivity index (χ2v) is 6.32. The standard InChI is InChI=1S/C17H16O6.C3H8O2/c1-17(23,13-9-5-4-8-12(13)16(21)22)14(18)10-6-2-3-7-11(10)15(19)20;1-3(5)2-4/h2-9,14,18,23H,1H3,(H,19,20)(H,21,22);3-5H,2H2,1H3. The molecule has 3 unspecified atom stereocenters. The molecule has 28 heavy (non-hydrogen) atoms. The van der Waals surface area contributed by atoms with Gasteiger partial charge in [-0.1, -0.05) is 36.4 Å². The highest BCUT2D eigenvalue weighted by Gasteiger charge is 2.38.